The fourth-order valence-electron chi connectivity index (χ4n) is 4.05. The highest BCUT2D eigenvalue weighted by molar-refractivity contribution is 6.02. The number of halogens is 3. The van der Waals surface area contributed by atoms with Gasteiger partial charge in [0.15, 0.2) is 5.60 Å². The topological polar surface area (TPSA) is 112 Å². The molecule has 1 aliphatic rings. The van der Waals surface area contributed by atoms with Crippen LogP contribution in [-0.2, 0) is 26.6 Å². The summed E-state index contributed by atoms with van der Waals surface area (Å²) in [6.07, 6.45) is -5.05. The lowest BCUT2D eigenvalue weighted by Gasteiger charge is -2.22. The number of carbonyl (C=O) groups is 2. The van der Waals surface area contributed by atoms with Gasteiger partial charge in [0.2, 0.25) is 0 Å². The Kier molecular flexibility index (Phi) is 8.45. The van der Waals surface area contributed by atoms with E-state index < -0.39 is 30.2 Å². The monoisotopic (exact) mass is 572 g/mol. The molecule has 2 aromatic carbocycles. The number of benzene rings is 2. The molecule has 13 heteroatoms. The molecule has 0 fully saturated rings. The van der Waals surface area contributed by atoms with Gasteiger partial charge in [0.05, 0.1) is 26.0 Å². The van der Waals surface area contributed by atoms with Gasteiger partial charge in [0, 0.05) is 6.42 Å². The zero-order chi connectivity index (χ0) is 29.8. The van der Waals surface area contributed by atoms with Gasteiger partial charge in [-0.2, -0.15) is 18.2 Å². The first kappa shape index (κ1) is 29.3. The van der Waals surface area contributed by atoms with Crippen molar-refractivity contribution in [3.63, 3.8) is 0 Å². The highest BCUT2D eigenvalue weighted by Gasteiger charge is 2.44. The minimum atomic E-state index is -5.33. The van der Waals surface area contributed by atoms with Crippen LogP contribution in [0.3, 0.4) is 0 Å². The molecule has 4 rings (SSSR count). The molecule has 2 heterocycles. The third kappa shape index (κ3) is 6.91. The van der Waals surface area contributed by atoms with Crippen LogP contribution in [0.15, 0.2) is 59.8 Å². The van der Waals surface area contributed by atoms with Crippen LogP contribution >= 0.6 is 0 Å². The Morgan fingerprint density at radius 1 is 1.05 bits per heavy atom. The summed E-state index contributed by atoms with van der Waals surface area (Å²) in [6, 6.07) is 14.8. The number of hydrogen-bond donors (Lipinski definition) is 0. The average molecular weight is 573 g/mol. The van der Waals surface area contributed by atoms with E-state index in [1.807, 2.05) is 38.1 Å². The Morgan fingerprint density at radius 3 is 2.32 bits per heavy atom. The van der Waals surface area contributed by atoms with Gasteiger partial charge in [-0.1, -0.05) is 29.4 Å². The van der Waals surface area contributed by atoms with Gasteiger partial charge in [-0.05, 0) is 62.2 Å². The van der Waals surface area contributed by atoms with Gasteiger partial charge in [-0.15, -0.1) is 0 Å². The lowest BCUT2D eigenvalue weighted by molar-refractivity contribution is -0.230. The molecule has 0 bridgehead atoms. The van der Waals surface area contributed by atoms with E-state index in [4.69, 9.17) is 14.3 Å². The number of oxime groups is 1. The Bertz CT molecular complexity index is 1440. The van der Waals surface area contributed by atoms with Crippen molar-refractivity contribution in [1.82, 2.24) is 15.0 Å². The van der Waals surface area contributed by atoms with Gasteiger partial charge in [-0.3, -0.25) is 4.79 Å². The normalized spacial score (nSPS) is 16.4. The first-order valence-electron chi connectivity index (χ1n) is 12.5. The molecule has 1 aromatic heterocycles. The van der Waals surface area contributed by atoms with E-state index in [0.29, 0.717) is 34.4 Å². The molecular formula is C28H27F3N4O6. The number of hydroxylamine groups is 2. The number of aromatic nitrogens is 2. The average Bonchev–Trinajstić information content (AvgIpc) is 3.35. The largest absolute Gasteiger partial charge is 0.497 e. The van der Waals surface area contributed by atoms with E-state index in [1.54, 1.807) is 12.1 Å². The number of aryl methyl sites for hydroxylation is 1. The fourth-order valence-corrected chi connectivity index (χ4v) is 4.05. The molecule has 0 saturated heterocycles. The number of methoxy groups -OCH3 is 1. The third-order valence-corrected chi connectivity index (χ3v) is 6.13. The van der Waals surface area contributed by atoms with E-state index >= 15 is 0 Å². The van der Waals surface area contributed by atoms with E-state index in [0.717, 1.165) is 5.56 Å². The van der Waals surface area contributed by atoms with E-state index in [9.17, 15) is 22.8 Å². The van der Waals surface area contributed by atoms with Crippen molar-refractivity contribution in [2.24, 2.45) is 5.16 Å². The molecule has 0 radical (unpaired) electrons. The van der Waals surface area contributed by atoms with Crippen molar-refractivity contribution < 1.29 is 41.9 Å². The second-order valence-corrected chi connectivity index (χ2v) is 9.25. The third-order valence-electron chi connectivity index (χ3n) is 6.13. The highest BCUT2D eigenvalue weighted by Crippen LogP contribution is 2.36. The van der Waals surface area contributed by atoms with Crippen LogP contribution in [0.5, 0.6) is 11.5 Å². The summed E-state index contributed by atoms with van der Waals surface area (Å²) in [5.74, 6) is -2.29. The summed E-state index contributed by atoms with van der Waals surface area (Å²) in [5.41, 5.74) is 0.697. The number of carbonyl (C=O) groups excluding carboxylic acids is 2. The molecule has 0 N–H and O–H groups in total. The molecular weight excluding hydrogens is 545 g/mol. The number of ether oxygens (including phenoxy) is 2. The Labute approximate surface area is 233 Å². The summed E-state index contributed by atoms with van der Waals surface area (Å²) in [5, 5.41) is 4.48. The van der Waals surface area contributed by atoms with Crippen LogP contribution in [0.4, 0.5) is 13.2 Å². The molecule has 41 heavy (non-hydrogen) atoms. The maximum Gasteiger partial charge on any atom is 0.493 e. The summed E-state index contributed by atoms with van der Waals surface area (Å²) in [7, 11) is 1.45. The lowest BCUT2D eigenvalue weighted by atomic mass is 9.90. The maximum absolute atomic E-state index is 13.4. The predicted octanol–water partition coefficient (Wildman–Crippen LogP) is 4.90. The van der Waals surface area contributed by atoms with E-state index in [-0.39, 0.29) is 23.6 Å². The second kappa shape index (κ2) is 11.8. The molecule has 0 saturated carbocycles. The number of nitrogens with zero attached hydrogens (tertiary/aromatic N) is 4. The van der Waals surface area contributed by atoms with E-state index in [2.05, 4.69) is 20.0 Å². The summed E-state index contributed by atoms with van der Waals surface area (Å²) < 4.78 is 49.6. The smallest absolute Gasteiger partial charge is 0.493 e. The maximum atomic E-state index is 13.4. The predicted molar refractivity (Wildman–Crippen MR) is 139 cm³/mol. The minimum Gasteiger partial charge on any atom is -0.497 e. The Balaban J connectivity index is 1.59. The zero-order valence-corrected chi connectivity index (χ0v) is 22.7. The molecule has 1 amide bonds. The van der Waals surface area contributed by atoms with Crippen LogP contribution in [0.25, 0.3) is 0 Å². The van der Waals surface area contributed by atoms with Crippen LogP contribution < -0.4 is 9.47 Å². The van der Waals surface area contributed by atoms with Crippen molar-refractivity contribution in [2.45, 2.75) is 45.5 Å². The number of hydrogen-bond acceptors (Lipinski definition) is 9. The van der Waals surface area contributed by atoms with Crippen molar-refractivity contribution in [1.29, 1.82) is 0 Å². The highest BCUT2D eigenvalue weighted by atomic mass is 19.4. The number of alkyl halides is 3. The van der Waals surface area contributed by atoms with Crippen molar-refractivity contribution >= 4 is 17.6 Å². The SMILES string of the molecule is CCOc1ccc(C2(C)CC(c3cc(C(=O)N(Cc4ccc(OC)cc4)OC(=O)C(F)(F)F)nc(C)n3)=NO2)cc1. The van der Waals surface area contributed by atoms with Crippen LogP contribution in [0.2, 0.25) is 0 Å². The van der Waals surface area contributed by atoms with E-state index in [1.165, 1.54) is 32.2 Å². The molecule has 10 nitrogen and oxygen atoms in total. The van der Waals surface area contributed by atoms with Crippen molar-refractivity contribution in [3.05, 3.63) is 82.9 Å². The Hall–Kier alpha value is -4.68. The second-order valence-electron chi connectivity index (χ2n) is 9.25. The quantitative estimate of drug-likeness (QED) is 0.351. The summed E-state index contributed by atoms with van der Waals surface area (Å²) in [6.45, 7) is 5.28. The first-order chi connectivity index (χ1) is 19.4. The van der Waals surface area contributed by atoms with Crippen LogP contribution in [0, 0.1) is 6.92 Å². The first-order valence-corrected chi connectivity index (χ1v) is 12.5. The summed E-state index contributed by atoms with van der Waals surface area (Å²) in [4.78, 5) is 43.7. The van der Waals surface area contributed by atoms with Crippen LogP contribution in [-0.4, -0.2) is 52.5 Å². The van der Waals surface area contributed by atoms with Gasteiger partial charge < -0.3 is 19.1 Å². The minimum absolute atomic E-state index is 0.148. The van der Waals surface area contributed by atoms with Crippen molar-refractivity contribution in [3.8, 4) is 11.5 Å². The standard InChI is InChI=1S/C28H27F3N4O6/c1-5-39-21-12-8-19(9-13-21)27(3)15-24(34-41-27)22-14-23(33-17(2)32-22)25(36)35(40-26(37)28(29,30)31)16-18-6-10-20(38-4)11-7-18/h6-14H,5,15-16H2,1-4H3. The van der Waals surface area contributed by atoms with Crippen LogP contribution in [0.1, 0.15) is 53.4 Å². The van der Waals surface area contributed by atoms with Gasteiger partial charge >= 0.3 is 18.1 Å². The fraction of sp³-hybridized carbons (Fsp3) is 0.321. The number of rotatable bonds is 8. The van der Waals surface area contributed by atoms with Gasteiger partial charge in [-0.25, -0.2) is 14.8 Å². The zero-order valence-electron chi connectivity index (χ0n) is 22.7. The number of amides is 1. The Morgan fingerprint density at radius 2 is 1.71 bits per heavy atom. The molecule has 0 aliphatic carbocycles. The van der Waals surface area contributed by atoms with Crippen molar-refractivity contribution in [2.75, 3.05) is 13.7 Å². The lowest BCUT2D eigenvalue weighted by Crippen LogP contribution is -2.38. The van der Waals surface area contributed by atoms with Gasteiger partial charge in [0.25, 0.3) is 0 Å². The molecule has 3 aromatic rings. The summed E-state index contributed by atoms with van der Waals surface area (Å²) >= 11 is 0. The van der Waals surface area contributed by atoms with Gasteiger partial charge in [0.1, 0.15) is 28.7 Å². The molecule has 1 unspecified atom stereocenters. The molecule has 216 valence electrons. The molecule has 1 atom stereocenters. The molecule has 1 aliphatic heterocycles. The molecule has 0 spiro atoms.